The van der Waals surface area contributed by atoms with Gasteiger partial charge >= 0.3 is 5.97 Å². The lowest BCUT2D eigenvalue weighted by Crippen LogP contribution is -2.33. The van der Waals surface area contributed by atoms with Gasteiger partial charge in [-0.05, 0) is 13.8 Å². The number of rotatable bonds is 5. The second kappa shape index (κ2) is 5.35. The fourth-order valence-corrected chi connectivity index (χ4v) is 0.904. The van der Waals surface area contributed by atoms with Crippen LogP contribution in [0.4, 0.5) is 0 Å². The molecule has 0 heterocycles. The van der Waals surface area contributed by atoms with Crippen molar-refractivity contribution < 1.29 is 14.7 Å². The highest BCUT2D eigenvalue weighted by atomic mass is 16.4. The number of hydrogen-bond acceptors (Lipinski definition) is 2. The summed E-state index contributed by atoms with van der Waals surface area (Å²) in [6.07, 6.45) is -0.0210. The van der Waals surface area contributed by atoms with E-state index in [1.807, 2.05) is 6.92 Å². The Bertz CT molecular complexity index is 223. The minimum absolute atomic E-state index is 0.0210. The first-order valence-corrected chi connectivity index (χ1v) is 4.15. The number of carboxylic acid groups (broad SMARTS) is 1. The van der Waals surface area contributed by atoms with Gasteiger partial charge in [-0.15, -0.1) is 0 Å². The summed E-state index contributed by atoms with van der Waals surface area (Å²) in [4.78, 5) is 23.0. The van der Waals surface area contributed by atoms with Crippen molar-refractivity contribution in [2.75, 3.05) is 13.1 Å². The van der Waals surface area contributed by atoms with E-state index < -0.39 is 5.97 Å². The molecule has 1 N–H and O–H groups in total. The standard InChI is InChI=1S/C9H15NO3/c1-4-10(6-5-8(11)12)9(13)7(2)3/h2,4-6H2,1,3H3,(H,11,12). The summed E-state index contributed by atoms with van der Waals surface area (Å²) < 4.78 is 0. The Kier molecular flexibility index (Phi) is 4.80. The van der Waals surface area contributed by atoms with Crippen molar-refractivity contribution in [2.45, 2.75) is 20.3 Å². The van der Waals surface area contributed by atoms with Crippen molar-refractivity contribution >= 4 is 11.9 Å². The van der Waals surface area contributed by atoms with Gasteiger partial charge in [0.2, 0.25) is 5.91 Å². The molecule has 0 aliphatic heterocycles. The van der Waals surface area contributed by atoms with Crippen LogP contribution >= 0.6 is 0 Å². The third-order valence-electron chi connectivity index (χ3n) is 1.63. The second-order valence-electron chi connectivity index (χ2n) is 2.81. The molecule has 0 atom stereocenters. The summed E-state index contributed by atoms with van der Waals surface area (Å²) in [5.41, 5.74) is 0.437. The number of carbonyl (C=O) groups is 2. The minimum Gasteiger partial charge on any atom is -0.481 e. The number of carboxylic acids is 1. The fraction of sp³-hybridized carbons (Fsp3) is 0.556. The molecule has 0 fully saturated rings. The minimum atomic E-state index is -0.895. The van der Waals surface area contributed by atoms with Gasteiger partial charge in [0.1, 0.15) is 0 Å². The van der Waals surface area contributed by atoms with Crippen LogP contribution < -0.4 is 0 Å². The number of carbonyl (C=O) groups excluding carboxylic acids is 1. The molecule has 0 rings (SSSR count). The maximum atomic E-state index is 11.3. The highest BCUT2D eigenvalue weighted by Crippen LogP contribution is 1.99. The topological polar surface area (TPSA) is 57.6 Å². The van der Waals surface area contributed by atoms with Gasteiger partial charge in [-0.25, -0.2) is 0 Å². The van der Waals surface area contributed by atoms with Crippen molar-refractivity contribution in [1.82, 2.24) is 4.90 Å². The summed E-state index contributed by atoms with van der Waals surface area (Å²) in [7, 11) is 0. The molecule has 0 bridgehead atoms. The summed E-state index contributed by atoms with van der Waals surface area (Å²) in [6, 6.07) is 0. The highest BCUT2D eigenvalue weighted by Gasteiger charge is 2.12. The number of likely N-dealkylation sites (N-methyl/N-ethyl adjacent to an activating group) is 1. The third kappa shape index (κ3) is 4.30. The molecule has 0 saturated carbocycles. The summed E-state index contributed by atoms with van der Waals surface area (Å²) in [5.74, 6) is -1.07. The molecule has 74 valence electrons. The zero-order valence-corrected chi connectivity index (χ0v) is 8.04. The quantitative estimate of drug-likeness (QED) is 0.647. The molecule has 1 amide bonds. The predicted octanol–water partition coefficient (Wildman–Crippen LogP) is 0.886. The molecular weight excluding hydrogens is 170 g/mol. The van der Waals surface area contributed by atoms with Crippen molar-refractivity contribution in [3.8, 4) is 0 Å². The molecule has 0 aromatic rings. The normalized spacial score (nSPS) is 9.38. The average Bonchev–Trinajstić information content (AvgIpc) is 2.04. The van der Waals surface area contributed by atoms with Gasteiger partial charge in [-0.2, -0.15) is 0 Å². The van der Waals surface area contributed by atoms with Crippen LogP contribution in [0.2, 0.25) is 0 Å². The molecule has 0 saturated heterocycles. The summed E-state index contributed by atoms with van der Waals surface area (Å²) >= 11 is 0. The van der Waals surface area contributed by atoms with Crippen LogP contribution in [-0.2, 0) is 9.59 Å². The molecule has 0 radical (unpaired) electrons. The van der Waals surface area contributed by atoms with Gasteiger partial charge in [-0.3, -0.25) is 9.59 Å². The maximum Gasteiger partial charge on any atom is 0.305 e. The van der Waals surface area contributed by atoms with Gasteiger partial charge in [0.25, 0.3) is 0 Å². The lowest BCUT2D eigenvalue weighted by atomic mass is 10.3. The van der Waals surface area contributed by atoms with Crippen molar-refractivity contribution in [2.24, 2.45) is 0 Å². The zero-order valence-electron chi connectivity index (χ0n) is 8.04. The Morgan fingerprint density at radius 1 is 1.46 bits per heavy atom. The zero-order chi connectivity index (χ0) is 10.4. The van der Waals surface area contributed by atoms with Crippen LogP contribution in [0, 0.1) is 0 Å². The van der Waals surface area contributed by atoms with Crippen LogP contribution in [0.25, 0.3) is 0 Å². The van der Waals surface area contributed by atoms with E-state index in [-0.39, 0.29) is 18.9 Å². The van der Waals surface area contributed by atoms with E-state index in [0.29, 0.717) is 12.1 Å². The van der Waals surface area contributed by atoms with E-state index in [1.165, 1.54) is 4.90 Å². The van der Waals surface area contributed by atoms with Crippen LogP contribution in [-0.4, -0.2) is 35.0 Å². The molecule has 0 aromatic heterocycles. The van der Waals surface area contributed by atoms with Crippen molar-refractivity contribution in [3.63, 3.8) is 0 Å². The Morgan fingerprint density at radius 3 is 2.31 bits per heavy atom. The van der Waals surface area contributed by atoms with Crippen LogP contribution in [0.3, 0.4) is 0 Å². The molecule has 0 aromatic carbocycles. The Morgan fingerprint density at radius 2 is 2.00 bits per heavy atom. The van der Waals surface area contributed by atoms with Crippen LogP contribution in [0.5, 0.6) is 0 Å². The molecule has 13 heavy (non-hydrogen) atoms. The molecular formula is C9H15NO3. The molecule has 4 heteroatoms. The number of aliphatic carboxylic acids is 1. The Balaban J connectivity index is 4.10. The Labute approximate surface area is 77.8 Å². The van der Waals surface area contributed by atoms with E-state index in [2.05, 4.69) is 6.58 Å². The molecule has 0 aliphatic rings. The predicted molar refractivity (Wildman–Crippen MR) is 49.3 cm³/mol. The SMILES string of the molecule is C=C(C)C(=O)N(CC)CCC(=O)O. The van der Waals surface area contributed by atoms with E-state index in [4.69, 9.17) is 5.11 Å². The fourth-order valence-electron chi connectivity index (χ4n) is 0.904. The molecule has 4 nitrogen and oxygen atoms in total. The van der Waals surface area contributed by atoms with E-state index in [1.54, 1.807) is 6.92 Å². The second-order valence-corrected chi connectivity index (χ2v) is 2.81. The molecule has 0 aliphatic carbocycles. The van der Waals surface area contributed by atoms with Crippen molar-refractivity contribution in [3.05, 3.63) is 12.2 Å². The number of amides is 1. The first kappa shape index (κ1) is 11.7. The average molecular weight is 185 g/mol. The monoisotopic (exact) mass is 185 g/mol. The first-order chi connectivity index (χ1) is 5.99. The number of nitrogens with zero attached hydrogens (tertiary/aromatic N) is 1. The molecule has 0 spiro atoms. The lowest BCUT2D eigenvalue weighted by Gasteiger charge is -2.19. The van der Waals surface area contributed by atoms with Gasteiger partial charge in [0.15, 0.2) is 0 Å². The Hall–Kier alpha value is -1.32. The van der Waals surface area contributed by atoms with Crippen molar-refractivity contribution in [1.29, 1.82) is 0 Å². The summed E-state index contributed by atoms with van der Waals surface area (Å²) in [5, 5.41) is 8.42. The van der Waals surface area contributed by atoms with Gasteiger partial charge in [0.05, 0.1) is 6.42 Å². The highest BCUT2D eigenvalue weighted by molar-refractivity contribution is 5.92. The van der Waals surface area contributed by atoms with E-state index in [0.717, 1.165) is 0 Å². The largest absolute Gasteiger partial charge is 0.481 e. The van der Waals surface area contributed by atoms with Gasteiger partial charge in [0, 0.05) is 18.7 Å². The van der Waals surface area contributed by atoms with E-state index >= 15 is 0 Å². The smallest absolute Gasteiger partial charge is 0.305 e. The van der Waals surface area contributed by atoms with Gasteiger partial charge in [-0.1, -0.05) is 6.58 Å². The summed E-state index contributed by atoms with van der Waals surface area (Å²) in [6.45, 7) is 7.70. The number of hydrogen-bond donors (Lipinski definition) is 1. The van der Waals surface area contributed by atoms with Crippen LogP contribution in [0.1, 0.15) is 20.3 Å². The van der Waals surface area contributed by atoms with E-state index in [9.17, 15) is 9.59 Å². The first-order valence-electron chi connectivity index (χ1n) is 4.15. The molecule has 0 unspecified atom stereocenters. The lowest BCUT2D eigenvalue weighted by molar-refractivity contribution is -0.138. The maximum absolute atomic E-state index is 11.3. The van der Waals surface area contributed by atoms with Crippen LogP contribution in [0.15, 0.2) is 12.2 Å². The van der Waals surface area contributed by atoms with Gasteiger partial charge < -0.3 is 10.0 Å². The third-order valence-corrected chi connectivity index (χ3v) is 1.63.